The zero-order valence-corrected chi connectivity index (χ0v) is 13.3. The number of hydrogen-bond acceptors (Lipinski definition) is 5. The van der Waals surface area contributed by atoms with Crippen LogP contribution in [0.5, 0.6) is 11.6 Å². The number of carbonyl (C=O) groups excluding carboxylic acids is 1. The van der Waals surface area contributed by atoms with Crippen molar-refractivity contribution in [3.05, 3.63) is 48.4 Å². The summed E-state index contributed by atoms with van der Waals surface area (Å²) in [5, 5.41) is 6.75. The highest BCUT2D eigenvalue weighted by Gasteiger charge is 2.34. The average molecular weight is 324 g/mol. The van der Waals surface area contributed by atoms with Crippen molar-refractivity contribution in [2.75, 3.05) is 0 Å². The molecule has 2 fully saturated rings. The van der Waals surface area contributed by atoms with E-state index in [0.717, 1.165) is 12.8 Å². The number of ether oxygens (including phenoxy) is 1. The number of piperidine rings is 1. The van der Waals surface area contributed by atoms with Crippen LogP contribution in [0.3, 0.4) is 0 Å². The van der Waals surface area contributed by atoms with Crippen LogP contribution in [0.15, 0.2) is 42.9 Å². The van der Waals surface area contributed by atoms with E-state index in [0.29, 0.717) is 29.3 Å². The third-order valence-corrected chi connectivity index (χ3v) is 4.67. The number of rotatable bonds is 4. The molecule has 4 rings (SSSR count). The van der Waals surface area contributed by atoms with Gasteiger partial charge in [-0.2, -0.15) is 0 Å². The maximum absolute atomic E-state index is 12.5. The van der Waals surface area contributed by atoms with Crippen molar-refractivity contribution >= 4 is 5.91 Å². The molecule has 0 radical (unpaired) electrons. The Balaban J connectivity index is 1.42. The molecule has 2 aliphatic heterocycles. The molecule has 6 heteroatoms. The molecule has 24 heavy (non-hydrogen) atoms. The Morgan fingerprint density at radius 2 is 2.04 bits per heavy atom. The predicted octanol–water partition coefficient (Wildman–Crippen LogP) is 2.28. The summed E-state index contributed by atoms with van der Waals surface area (Å²) in [4.78, 5) is 20.6. The van der Waals surface area contributed by atoms with Crippen LogP contribution < -0.4 is 15.4 Å². The van der Waals surface area contributed by atoms with Gasteiger partial charge in [0.15, 0.2) is 0 Å². The highest BCUT2D eigenvalue weighted by molar-refractivity contribution is 5.94. The first-order valence-electron chi connectivity index (χ1n) is 8.37. The number of nitrogens with zero attached hydrogens (tertiary/aromatic N) is 2. The fourth-order valence-corrected chi connectivity index (χ4v) is 3.60. The smallest absolute Gasteiger partial charge is 0.251 e. The van der Waals surface area contributed by atoms with E-state index in [1.807, 2.05) is 6.07 Å². The van der Waals surface area contributed by atoms with Gasteiger partial charge in [-0.15, -0.1) is 0 Å². The molecule has 2 aromatic rings. The van der Waals surface area contributed by atoms with Crippen molar-refractivity contribution in [2.45, 2.75) is 43.8 Å². The molecular formula is C18H20N4O2. The van der Waals surface area contributed by atoms with Crippen molar-refractivity contribution in [3.8, 4) is 11.6 Å². The molecular weight excluding hydrogens is 304 g/mol. The topological polar surface area (TPSA) is 76.1 Å². The fraction of sp³-hybridized carbons (Fsp3) is 0.389. The lowest BCUT2D eigenvalue weighted by molar-refractivity contribution is 0.0923. The molecule has 2 unspecified atom stereocenters. The molecule has 1 aromatic heterocycles. The van der Waals surface area contributed by atoms with Crippen LogP contribution in [-0.4, -0.2) is 34.0 Å². The van der Waals surface area contributed by atoms with Crippen molar-refractivity contribution in [2.24, 2.45) is 0 Å². The summed E-state index contributed by atoms with van der Waals surface area (Å²) in [6, 6.07) is 8.51. The number of amides is 1. The number of fused-ring (bicyclic) bond motifs is 2. The van der Waals surface area contributed by atoms with E-state index in [1.165, 1.54) is 19.0 Å². The zero-order valence-electron chi connectivity index (χ0n) is 13.3. The van der Waals surface area contributed by atoms with Crippen LogP contribution >= 0.6 is 0 Å². The normalized spacial score (nSPS) is 25.2. The molecule has 0 spiro atoms. The van der Waals surface area contributed by atoms with Gasteiger partial charge in [-0.05, 0) is 43.9 Å². The second-order valence-electron chi connectivity index (χ2n) is 6.45. The van der Waals surface area contributed by atoms with E-state index in [1.54, 1.807) is 30.6 Å². The Labute approximate surface area is 140 Å². The zero-order chi connectivity index (χ0) is 16.4. The first-order valence-corrected chi connectivity index (χ1v) is 8.37. The van der Waals surface area contributed by atoms with Gasteiger partial charge in [0.05, 0.1) is 6.20 Å². The van der Waals surface area contributed by atoms with Gasteiger partial charge in [-0.25, -0.2) is 4.98 Å². The number of carbonyl (C=O) groups is 1. The first-order chi connectivity index (χ1) is 11.8. The number of nitrogens with one attached hydrogen (secondary N) is 2. The van der Waals surface area contributed by atoms with Gasteiger partial charge >= 0.3 is 0 Å². The van der Waals surface area contributed by atoms with Gasteiger partial charge in [0.25, 0.3) is 5.91 Å². The van der Waals surface area contributed by atoms with Crippen LogP contribution in [-0.2, 0) is 0 Å². The molecule has 2 aliphatic rings. The molecule has 0 saturated carbocycles. The highest BCUT2D eigenvalue weighted by Crippen LogP contribution is 2.27. The number of hydrogen-bond donors (Lipinski definition) is 2. The van der Waals surface area contributed by atoms with Crippen LogP contribution in [0, 0.1) is 0 Å². The molecule has 1 amide bonds. The first kappa shape index (κ1) is 15.1. The molecule has 6 nitrogen and oxygen atoms in total. The summed E-state index contributed by atoms with van der Waals surface area (Å²) in [6.45, 7) is 0. The van der Waals surface area contributed by atoms with Crippen molar-refractivity contribution < 1.29 is 9.53 Å². The maximum atomic E-state index is 12.5. The third-order valence-electron chi connectivity index (χ3n) is 4.67. The van der Waals surface area contributed by atoms with E-state index in [-0.39, 0.29) is 11.9 Å². The lowest BCUT2D eigenvalue weighted by atomic mass is 9.99. The van der Waals surface area contributed by atoms with Crippen LogP contribution in [0.1, 0.15) is 36.0 Å². The molecule has 124 valence electrons. The van der Waals surface area contributed by atoms with E-state index >= 15 is 0 Å². The summed E-state index contributed by atoms with van der Waals surface area (Å²) in [5.41, 5.74) is 0.599. The quantitative estimate of drug-likeness (QED) is 0.902. The summed E-state index contributed by atoms with van der Waals surface area (Å²) < 4.78 is 5.64. The van der Waals surface area contributed by atoms with Crippen molar-refractivity contribution in [3.63, 3.8) is 0 Å². The van der Waals surface area contributed by atoms with Gasteiger partial charge in [0.1, 0.15) is 5.75 Å². The lowest BCUT2D eigenvalue weighted by Crippen LogP contribution is -2.48. The second-order valence-corrected chi connectivity index (χ2v) is 6.45. The Morgan fingerprint density at radius 3 is 2.79 bits per heavy atom. The summed E-state index contributed by atoms with van der Waals surface area (Å²) in [5.74, 6) is 0.935. The number of aromatic nitrogens is 2. The van der Waals surface area contributed by atoms with E-state index in [2.05, 4.69) is 20.6 Å². The fourth-order valence-electron chi connectivity index (χ4n) is 3.60. The molecule has 0 aliphatic carbocycles. The highest BCUT2D eigenvalue weighted by atomic mass is 16.5. The molecule has 2 bridgehead atoms. The second kappa shape index (κ2) is 6.57. The Morgan fingerprint density at radius 1 is 1.21 bits per heavy atom. The Bertz CT molecular complexity index is 710. The minimum absolute atomic E-state index is 0.0501. The van der Waals surface area contributed by atoms with Gasteiger partial charge in [0, 0.05) is 36.1 Å². The monoisotopic (exact) mass is 324 g/mol. The van der Waals surface area contributed by atoms with Gasteiger partial charge in [-0.3, -0.25) is 9.78 Å². The standard InChI is InChI=1S/C18H20N4O2/c23-18(22-15-9-13-4-5-14(10-15)21-13)12-2-1-3-16(8-12)24-17-11-19-6-7-20-17/h1-3,6-8,11,13-15,21H,4-5,9-10H2,(H,22,23). The summed E-state index contributed by atoms with van der Waals surface area (Å²) in [6.07, 6.45) is 9.16. The van der Waals surface area contributed by atoms with Crippen molar-refractivity contribution in [1.29, 1.82) is 0 Å². The molecule has 2 N–H and O–H groups in total. The minimum Gasteiger partial charge on any atom is -0.437 e. The Kier molecular flexibility index (Phi) is 4.13. The van der Waals surface area contributed by atoms with Gasteiger partial charge < -0.3 is 15.4 Å². The van der Waals surface area contributed by atoms with Crippen LogP contribution in [0.2, 0.25) is 0 Å². The molecule has 3 heterocycles. The van der Waals surface area contributed by atoms with E-state index in [4.69, 9.17) is 4.74 Å². The summed E-state index contributed by atoms with van der Waals surface area (Å²) in [7, 11) is 0. The molecule has 2 saturated heterocycles. The SMILES string of the molecule is O=C(NC1CC2CCC(C1)N2)c1cccc(Oc2cnccn2)c1. The predicted molar refractivity (Wildman–Crippen MR) is 89.0 cm³/mol. The molecule has 1 aromatic carbocycles. The van der Waals surface area contributed by atoms with Gasteiger partial charge in [-0.1, -0.05) is 6.07 Å². The maximum Gasteiger partial charge on any atom is 0.251 e. The minimum atomic E-state index is -0.0501. The third kappa shape index (κ3) is 3.38. The number of benzene rings is 1. The van der Waals surface area contributed by atoms with Crippen LogP contribution in [0.25, 0.3) is 0 Å². The Hall–Kier alpha value is -2.47. The van der Waals surface area contributed by atoms with Crippen LogP contribution in [0.4, 0.5) is 0 Å². The summed E-state index contributed by atoms with van der Waals surface area (Å²) >= 11 is 0. The largest absolute Gasteiger partial charge is 0.437 e. The molecule has 2 atom stereocenters. The average Bonchev–Trinajstić information content (AvgIpc) is 2.94. The van der Waals surface area contributed by atoms with E-state index in [9.17, 15) is 4.79 Å². The van der Waals surface area contributed by atoms with Crippen molar-refractivity contribution in [1.82, 2.24) is 20.6 Å². The lowest BCUT2D eigenvalue weighted by Gasteiger charge is -2.29. The van der Waals surface area contributed by atoms with E-state index < -0.39 is 0 Å². The van der Waals surface area contributed by atoms with Gasteiger partial charge in [0.2, 0.25) is 5.88 Å².